The average Bonchev–Trinajstić information content (AvgIpc) is 3.43. The van der Waals surface area contributed by atoms with Gasteiger partial charge in [-0.05, 0) is 23.8 Å². The maximum absolute atomic E-state index is 13.4. The van der Waals surface area contributed by atoms with Gasteiger partial charge in [0.25, 0.3) is 0 Å². The molecule has 0 bridgehead atoms. The number of nitrogens with zero attached hydrogens (tertiary/aromatic N) is 10. The number of piperazine rings is 1. The van der Waals surface area contributed by atoms with Crippen LogP contribution in [0.4, 0.5) is 16.2 Å². The average molecular weight is 495 g/mol. The van der Waals surface area contributed by atoms with Gasteiger partial charge in [0.1, 0.15) is 23.2 Å². The van der Waals surface area contributed by atoms with Gasteiger partial charge in [0.15, 0.2) is 5.82 Å². The van der Waals surface area contributed by atoms with Crippen molar-refractivity contribution in [2.24, 2.45) is 12.0 Å². The zero-order valence-electron chi connectivity index (χ0n) is 20.1. The summed E-state index contributed by atoms with van der Waals surface area (Å²) in [5.74, 6) is 1.33. The second kappa shape index (κ2) is 8.19. The summed E-state index contributed by atoms with van der Waals surface area (Å²) in [4.78, 5) is 22.8. The Morgan fingerprint density at radius 3 is 2.22 bits per heavy atom. The third kappa shape index (κ3) is 3.70. The third-order valence-corrected chi connectivity index (χ3v) is 7.04. The number of hydrogen-bond acceptors (Lipinski definition) is 8. The highest BCUT2D eigenvalue weighted by molar-refractivity contribution is 5.91. The van der Waals surface area contributed by atoms with Crippen molar-refractivity contribution in [1.82, 2.24) is 34.3 Å². The fraction of sp³-hybridized carbons (Fsp3) is 0.231. The van der Waals surface area contributed by atoms with E-state index in [2.05, 4.69) is 46.0 Å². The molecule has 1 atom stereocenters. The maximum atomic E-state index is 13.4. The van der Waals surface area contributed by atoms with Crippen molar-refractivity contribution in [2.45, 2.75) is 5.54 Å². The molecule has 7 rings (SSSR count). The van der Waals surface area contributed by atoms with Gasteiger partial charge in [0, 0.05) is 80.9 Å². The largest absolute Gasteiger partial charge is 0.351 e. The molecular weight excluding hydrogens is 471 g/mol. The van der Waals surface area contributed by atoms with Gasteiger partial charge in [-0.1, -0.05) is 12.1 Å². The van der Waals surface area contributed by atoms with E-state index in [4.69, 9.17) is 0 Å². The number of fused-ring (bicyclic) bond motifs is 1. The van der Waals surface area contributed by atoms with Crippen LogP contribution in [-0.2, 0) is 12.6 Å². The van der Waals surface area contributed by atoms with Gasteiger partial charge in [-0.25, -0.2) is 23.9 Å². The molecule has 2 aliphatic heterocycles. The lowest BCUT2D eigenvalue weighted by molar-refractivity contribution is 0.626. The molecule has 2 aliphatic rings. The summed E-state index contributed by atoms with van der Waals surface area (Å²) in [6, 6.07) is 8.52. The number of aryl methyl sites for hydroxylation is 1. The number of halogens is 1. The summed E-state index contributed by atoms with van der Waals surface area (Å²) in [5, 5.41) is 8.68. The van der Waals surface area contributed by atoms with Gasteiger partial charge >= 0.3 is 0 Å². The molecule has 0 unspecified atom stereocenters. The molecule has 0 N–H and O–H groups in total. The lowest BCUT2D eigenvalue weighted by atomic mass is 9.92. The van der Waals surface area contributed by atoms with Crippen molar-refractivity contribution in [1.29, 1.82) is 0 Å². The molecule has 10 nitrogen and oxygen atoms in total. The van der Waals surface area contributed by atoms with Crippen LogP contribution in [0.15, 0.2) is 72.6 Å². The lowest BCUT2D eigenvalue weighted by Crippen LogP contribution is -2.47. The Bertz CT molecular complexity index is 1610. The molecule has 0 spiro atoms. The number of aliphatic imine (C=N–C) groups is 1. The number of aromatic nitrogens is 7. The second-order valence-corrected chi connectivity index (χ2v) is 9.32. The van der Waals surface area contributed by atoms with Gasteiger partial charge in [0.2, 0.25) is 5.95 Å². The van der Waals surface area contributed by atoms with Gasteiger partial charge in [-0.15, -0.1) is 0 Å². The summed E-state index contributed by atoms with van der Waals surface area (Å²) in [6.45, 7) is 3.11. The minimum absolute atomic E-state index is 0.265. The molecule has 1 aromatic carbocycles. The van der Waals surface area contributed by atoms with Crippen LogP contribution in [0.5, 0.6) is 0 Å². The first-order valence-corrected chi connectivity index (χ1v) is 12.1. The Kier molecular flexibility index (Phi) is 4.78. The van der Waals surface area contributed by atoms with E-state index in [1.807, 2.05) is 48.8 Å². The van der Waals surface area contributed by atoms with Gasteiger partial charge in [-0.3, -0.25) is 9.67 Å². The Labute approximate surface area is 211 Å². The summed E-state index contributed by atoms with van der Waals surface area (Å²) >= 11 is 0. The molecule has 0 amide bonds. The monoisotopic (exact) mass is 494 g/mol. The van der Waals surface area contributed by atoms with Gasteiger partial charge in [0.05, 0.1) is 6.20 Å². The van der Waals surface area contributed by atoms with Crippen molar-refractivity contribution < 1.29 is 4.39 Å². The molecule has 1 fully saturated rings. The number of anilines is 2. The minimum Gasteiger partial charge on any atom is -0.351 e. The van der Waals surface area contributed by atoms with Crippen molar-refractivity contribution in [3.05, 3.63) is 84.6 Å². The first-order chi connectivity index (χ1) is 18.1. The number of hydrogen-bond donors (Lipinski definition) is 0. The fourth-order valence-electron chi connectivity index (χ4n) is 4.92. The van der Waals surface area contributed by atoms with Crippen LogP contribution in [0.2, 0.25) is 0 Å². The van der Waals surface area contributed by atoms with E-state index in [9.17, 15) is 4.39 Å². The summed E-state index contributed by atoms with van der Waals surface area (Å²) < 4.78 is 17.0. The van der Waals surface area contributed by atoms with Crippen LogP contribution in [0.25, 0.3) is 16.6 Å². The van der Waals surface area contributed by atoms with Crippen LogP contribution in [0.3, 0.4) is 0 Å². The second-order valence-electron chi connectivity index (χ2n) is 9.32. The van der Waals surface area contributed by atoms with Crippen molar-refractivity contribution in [3.8, 4) is 11.1 Å². The highest BCUT2D eigenvalue weighted by Gasteiger charge is 2.41. The maximum Gasteiger partial charge on any atom is 0.225 e. The quantitative estimate of drug-likeness (QED) is 0.371. The lowest BCUT2D eigenvalue weighted by Gasteiger charge is -2.35. The highest BCUT2D eigenvalue weighted by Crippen LogP contribution is 2.40. The first kappa shape index (κ1) is 21.6. The van der Waals surface area contributed by atoms with Crippen LogP contribution in [0.1, 0.15) is 11.1 Å². The van der Waals surface area contributed by atoms with Gasteiger partial charge in [-0.2, -0.15) is 10.2 Å². The Balaban J connectivity index is 1.07. The fourth-order valence-corrected chi connectivity index (χ4v) is 4.92. The Morgan fingerprint density at radius 2 is 1.54 bits per heavy atom. The standard InChI is InChI=1S/C26H23FN10/c1-34-14-19(11-32-34)18-10-23-24(30-17-33-37(23)15-18)35-6-8-36(9-7-35)25-28-12-21(13-29-25)26(16-31-26)20-2-4-22(27)5-3-20/h2-5,10-17H,6-9H2,1H3/t26-/m0/s1. The van der Waals surface area contributed by atoms with Crippen molar-refractivity contribution in [3.63, 3.8) is 0 Å². The number of rotatable bonds is 5. The molecule has 1 saturated heterocycles. The van der Waals surface area contributed by atoms with Crippen LogP contribution < -0.4 is 9.80 Å². The van der Waals surface area contributed by atoms with Crippen molar-refractivity contribution in [2.75, 3.05) is 36.0 Å². The van der Waals surface area contributed by atoms with Crippen molar-refractivity contribution >= 4 is 23.5 Å². The zero-order valence-corrected chi connectivity index (χ0v) is 20.1. The summed E-state index contributed by atoms with van der Waals surface area (Å²) in [6.07, 6.45) is 12.9. The van der Waals surface area contributed by atoms with E-state index in [1.54, 1.807) is 23.1 Å². The first-order valence-electron chi connectivity index (χ1n) is 12.1. The molecule has 0 saturated carbocycles. The molecule has 6 heterocycles. The zero-order chi connectivity index (χ0) is 25.0. The highest BCUT2D eigenvalue weighted by atomic mass is 19.1. The Morgan fingerprint density at radius 1 is 0.811 bits per heavy atom. The molecule has 11 heteroatoms. The van der Waals surface area contributed by atoms with E-state index >= 15 is 0 Å². The summed E-state index contributed by atoms with van der Waals surface area (Å²) in [5.41, 5.74) is 4.28. The summed E-state index contributed by atoms with van der Waals surface area (Å²) in [7, 11) is 1.91. The Hall–Kier alpha value is -4.67. The van der Waals surface area contributed by atoms with Crippen LogP contribution in [0, 0.1) is 5.82 Å². The molecule has 184 valence electrons. The van der Waals surface area contributed by atoms with E-state index in [0.717, 1.165) is 59.8 Å². The smallest absolute Gasteiger partial charge is 0.225 e. The van der Waals surface area contributed by atoms with E-state index in [-0.39, 0.29) is 5.82 Å². The minimum atomic E-state index is -0.574. The molecular formula is C26H23FN10. The normalized spacial score (nSPS) is 19.1. The topological polar surface area (TPSA) is 92.6 Å². The molecule has 37 heavy (non-hydrogen) atoms. The van der Waals surface area contributed by atoms with E-state index in [1.165, 1.54) is 12.1 Å². The molecule has 0 aliphatic carbocycles. The van der Waals surface area contributed by atoms with Crippen LogP contribution >= 0.6 is 0 Å². The predicted octanol–water partition coefficient (Wildman–Crippen LogP) is 2.71. The SMILES string of the molecule is Cn1cc(-c2cc3c(N4CCN(c5ncc([C@@]6(c7ccc(F)cc7)C=N6)cn5)CC4)ncnn3c2)cn1. The van der Waals surface area contributed by atoms with E-state index < -0.39 is 5.54 Å². The molecule has 0 radical (unpaired) electrons. The molecule has 4 aromatic heterocycles. The molecule has 5 aromatic rings. The van der Waals surface area contributed by atoms with Crippen LogP contribution in [-0.4, -0.2) is 66.7 Å². The predicted molar refractivity (Wildman–Crippen MR) is 137 cm³/mol. The third-order valence-electron chi connectivity index (χ3n) is 7.04. The van der Waals surface area contributed by atoms with E-state index in [0.29, 0.717) is 5.95 Å². The number of benzene rings is 1. The van der Waals surface area contributed by atoms with Gasteiger partial charge < -0.3 is 9.80 Å².